The Labute approximate surface area is 174 Å². The lowest BCUT2D eigenvalue weighted by molar-refractivity contribution is -0.116. The molecular formula is C22H36N6O. The fraction of sp³-hybridized carbons (Fsp3) is 0.636. The van der Waals surface area contributed by atoms with Crippen LogP contribution in [0.15, 0.2) is 29.3 Å². The molecule has 1 unspecified atom stereocenters. The predicted molar refractivity (Wildman–Crippen MR) is 120 cm³/mol. The van der Waals surface area contributed by atoms with E-state index in [9.17, 15) is 4.79 Å². The molecule has 0 aliphatic carbocycles. The van der Waals surface area contributed by atoms with Crippen LogP contribution in [-0.4, -0.2) is 81.1 Å². The van der Waals surface area contributed by atoms with Crippen LogP contribution in [0.5, 0.6) is 0 Å². The largest absolute Gasteiger partial charge is 0.357 e. The van der Waals surface area contributed by atoms with E-state index >= 15 is 0 Å². The van der Waals surface area contributed by atoms with Crippen LogP contribution in [0.25, 0.3) is 0 Å². The molecule has 160 valence electrons. The third-order valence-corrected chi connectivity index (χ3v) is 5.71. The molecule has 2 aliphatic rings. The number of fused-ring (bicyclic) bond motifs is 1. The molecule has 2 heterocycles. The van der Waals surface area contributed by atoms with Gasteiger partial charge in [0.1, 0.15) is 0 Å². The van der Waals surface area contributed by atoms with Gasteiger partial charge in [-0.1, -0.05) is 18.2 Å². The van der Waals surface area contributed by atoms with Crippen molar-refractivity contribution < 1.29 is 4.79 Å². The minimum absolute atomic E-state index is 0.0748. The number of carbonyl (C=O) groups is 1. The SMILES string of the molecule is CCNC(=NCC1CC(=O)Nc2ccccc21)NCCCCN1CCN(C)CC1. The fourth-order valence-electron chi connectivity index (χ4n) is 3.95. The summed E-state index contributed by atoms with van der Waals surface area (Å²) in [5.74, 6) is 1.05. The smallest absolute Gasteiger partial charge is 0.225 e. The molecule has 3 rings (SSSR count). The number of carbonyl (C=O) groups excluding carboxylic acids is 1. The number of hydrogen-bond acceptors (Lipinski definition) is 4. The molecule has 2 aliphatic heterocycles. The van der Waals surface area contributed by atoms with Crippen molar-refractivity contribution in [3.63, 3.8) is 0 Å². The molecule has 0 aromatic heterocycles. The first-order chi connectivity index (χ1) is 14.2. The third-order valence-electron chi connectivity index (χ3n) is 5.71. The van der Waals surface area contributed by atoms with E-state index in [0.717, 1.165) is 31.2 Å². The van der Waals surface area contributed by atoms with Gasteiger partial charge < -0.3 is 25.8 Å². The van der Waals surface area contributed by atoms with Crippen molar-refractivity contribution in [2.24, 2.45) is 4.99 Å². The number of rotatable bonds is 8. The van der Waals surface area contributed by atoms with Crippen LogP contribution in [0, 0.1) is 0 Å². The summed E-state index contributed by atoms with van der Waals surface area (Å²) in [6.07, 6.45) is 2.82. The lowest BCUT2D eigenvalue weighted by Gasteiger charge is -2.32. The van der Waals surface area contributed by atoms with E-state index in [-0.39, 0.29) is 11.8 Å². The third kappa shape index (κ3) is 6.72. The zero-order chi connectivity index (χ0) is 20.5. The number of nitrogens with one attached hydrogen (secondary N) is 3. The second-order valence-corrected chi connectivity index (χ2v) is 8.03. The number of benzene rings is 1. The van der Waals surface area contributed by atoms with Crippen molar-refractivity contribution in [2.45, 2.75) is 32.1 Å². The summed E-state index contributed by atoms with van der Waals surface area (Å²) >= 11 is 0. The molecule has 29 heavy (non-hydrogen) atoms. The van der Waals surface area contributed by atoms with E-state index in [4.69, 9.17) is 4.99 Å². The molecule has 0 saturated carbocycles. The second-order valence-electron chi connectivity index (χ2n) is 8.03. The normalized spacial score (nSPS) is 20.8. The van der Waals surface area contributed by atoms with Crippen LogP contribution in [0.1, 0.15) is 37.7 Å². The Hall–Kier alpha value is -2.12. The van der Waals surface area contributed by atoms with Gasteiger partial charge in [0.2, 0.25) is 5.91 Å². The number of nitrogens with zero attached hydrogens (tertiary/aromatic N) is 3. The Bertz CT molecular complexity index is 684. The average Bonchev–Trinajstić information content (AvgIpc) is 2.72. The van der Waals surface area contributed by atoms with E-state index in [2.05, 4.69) is 45.8 Å². The molecule has 0 radical (unpaired) electrons. The number of piperazine rings is 1. The van der Waals surface area contributed by atoms with Crippen LogP contribution in [0.3, 0.4) is 0 Å². The molecule has 3 N–H and O–H groups in total. The maximum atomic E-state index is 12.0. The van der Waals surface area contributed by atoms with E-state index in [1.165, 1.54) is 44.7 Å². The van der Waals surface area contributed by atoms with Crippen LogP contribution < -0.4 is 16.0 Å². The van der Waals surface area contributed by atoms with Crippen molar-refractivity contribution in [3.05, 3.63) is 29.8 Å². The molecule has 7 heteroatoms. The maximum absolute atomic E-state index is 12.0. The number of amides is 1. The quantitative estimate of drug-likeness (QED) is 0.352. The molecule has 1 atom stereocenters. The Morgan fingerprint density at radius 3 is 2.76 bits per heavy atom. The predicted octanol–water partition coefficient (Wildman–Crippen LogP) is 1.70. The summed E-state index contributed by atoms with van der Waals surface area (Å²) in [5.41, 5.74) is 2.10. The first-order valence-electron chi connectivity index (χ1n) is 11.0. The van der Waals surface area contributed by atoms with Crippen LogP contribution in [0.4, 0.5) is 5.69 Å². The van der Waals surface area contributed by atoms with E-state index < -0.39 is 0 Å². The highest BCUT2D eigenvalue weighted by Gasteiger charge is 2.24. The van der Waals surface area contributed by atoms with Crippen molar-refractivity contribution in [1.29, 1.82) is 0 Å². The molecular weight excluding hydrogens is 364 g/mol. The van der Waals surface area contributed by atoms with Gasteiger partial charge in [-0.05, 0) is 45.0 Å². The Kier molecular flexibility index (Phi) is 8.31. The highest BCUT2D eigenvalue weighted by Crippen LogP contribution is 2.31. The summed E-state index contributed by atoms with van der Waals surface area (Å²) in [6.45, 7) is 10.3. The van der Waals surface area contributed by atoms with Gasteiger partial charge in [0.15, 0.2) is 5.96 Å². The highest BCUT2D eigenvalue weighted by atomic mass is 16.1. The summed E-state index contributed by atoms with van der Waals surface area (Å²) in [7, 11) is 2.20. The number of likely N-dealkylation sites (N-methyl/N-ethyl adjacent to an activating group) is 1. The minimum Gasteiger partial charge on any atom is -0.357 e. The lowest BCUT2D eigenvalue weighted by atomic mass is 9.91. The maximum Gasteiger partial charge on any atom is 0.225 e. The zero-order valence-corrected chi connectivity index (χ0v) is 17.9. The average molecular weight is 401 g/mol. The van der Waals surface area contributed by atoms with Gasteiger partial charge in [-0.15, -0.1) is 0 Å². The van der Waals surface area contributed by atoms with Gasteiger partial charge in [0.25, 0.3) is 0 Å². The van der Waals surface area contributed by atoms with Crippen molar-refractivity contribution in [3.8, 4) is 0 Å². The zero-order valence-electron chi connectivity index (χ0n) is 17.9. The Morgan fingerprint density at radius 2 is 1.97 bits per heavy atom. The standard InChI is InChI=1S/C22H36N6O/c1-3-23-22(24-10-6-7-11-28-14-12-27(2)13-15-28)25-17-18-16-21(29)26-20-9-5-4-8-19(18)20/h4-5,8-9,18H,3,6-7,10-17H2,1-2H3,(H,26,29)(H2,23,24,25). The number of para-hydroxylation sites is 1. The van der Waals surface area contributed by atoms with E-state index in [0.29, 0.717) is 13.0 Å². The molecule has 7 nitrogen and oxygen atoms in total. The molecule has 1 saturated heterocycles. The molecule has 0 bridgehead atoms. The number of anilines is 1. The molecule has 1 aromatic rings. The lowest BCUT2D eigenvalue weighted by Crippen LogP contribution is -2.44. The number of hydrogen-bond donors (Lipinski definition) is 3. The van der Waals surface area contributed by atoms with Gasteiger partial charge >= 0.3 is 0 Å². The first-order valence-corrected chi connectivity index (χ1v) is 11.0. The molecule has 1 aromatic carbocycles. The number of aliphatic imine (C=N–C) groups is 1. The highest BCUT2D eigenvalue weighted by molar-refractivity contribution is 5.94. The van der Waals surface area contributed by atoms with Crippen molar-refractivity contribution in [2.75, 3.05) is 64.7 Å². The fourth-order valence-corrected chi connectivity index (χ4v) is 3.95. The van der Waals surface area contributed by atoms with Crippen molar-refractivity contribution in [1.82, 2.24) is 20.4 Å². The van der Waals surface area contributed by atoms with Crippen LogP contribution in [-0.2, 0) is 4.79 Å². The summed E-state index contributed by atoms with van der Waals surface area (Å²) in [6, 6.07) is 8.04. The molecule has 0 spiro atoms. The van der Waals surface area contributed by atoms with Gasteiger partial charge in [0, 0.05) is 57.3 Å². The number of unbranched alkanes of at least 4 members (excludes halogenated alkanes) is 1. The summed E-state index contributed by atoms with van der Waals surface area (Å²) < 4.78 is 0. The summed E-state index contributed by atoms with van der Waals surface area (Å²) in [5, 5.41) is 9.73. The van der Waals surface area contributed by atoms with E-state index in [1.807, 2.05) is 18.2 Å². The van der Waals surface area contributed by atoms with Crippen molar-refractivity contribution >= 4 is 17.6 Å². The van der Waals surface area contributed by atoms with Gasteiger partial charge in [-0.25, -0.2) is 0 Å². The first kappa shape index (κ1) is 21.6. The molecule has 1 fully saturated rings. The molecule has 1 amide bonds. The van der Waals surface area contributed by atoms with E-state index in [1.54, 1.807) is 0 Å². The topological polar surface area (TPSA) is 72.0 Å². The Balaban J connectivity index is 1.43. The Morgan fingerprint density at radius 1 is 1.17 bits per heavy atom. The van der Waals surface area contributed by atoms with Gasteiger partial charge in [-0.3, -0.25) is 9.79 Å². The monoisotopic (exact) mass is 400 g/mol. The van der Waals surface area contributed by atoms with Crippen LogP contribution in [0.2, 0.25) is 0 Å². The van der Waals surface area contributed by atoms with Crippen LogP contribution >= 0.6 is 0 Å². The second kappa shape index (κ2) is 11.2. The summed E-state index contributed by atoms with van der Waals surface area (Å²) in [4.78, 5) is 21.7. The van der Waals surface area contributed by atoms with Gasteiger partial charge in [-0.2, -0.15) is 0 Å². The minimum atomic E-state index is 0.0748. The van der Waals surface area contributed by atoms with Gasteiger partial charge in [0.05, 0.1) is 6.54 Å². The number of guanidine groups is 1.